The fraction of sp³-hybridized carbons (Fsp3) is 0.929. The van der Waals surface area contributed by atoms with Gasteiger partial charge in [0, 0.05) is 32.3 Å². The molecule has 1 heterocycles. The summed E-state index contributed by atoms with van der Waals surface area (Å²) in [5, 5.41) is 6.65. The Kier molecular flexibility index (Phi) is 11.5. The van der Waals surface area contributed by atoms with E-state index in [9.17, 15) is 0 Å². The summed E-state index contributed by atoms with van der Waals surface area (Å²) < 4.78 is 5.17. The van der Waals surface area contributed by atoms with Crippen LogP contribution in [0, 0.1) is 0 Å². The topological polar surface area (TPSA) is 48.9 Å². The van der Waals surface area contributed by atoms with Crippen molar-refractivity contribution in [2.45, 2.75) is 45.7 Å². The van der Waals surface area contributed by atoms with Crippen molar-refractivity contribution in [3.63, 3.8) is 0 Å². The molecule has 0 amide bonds. The Hall–Kier alpha value is -0.0800. The first-order valence-corrected chi connectivity index (χ1v) is 7.45. The third kappa shape index (κ3) is 7.64. The van der Waals surface area contributed by atoms with Gasteiger partial charge in [0.05, 0.1) is 13.2 Å². The number of rotatable bonds is 7. The minimum Gasteiger partial charge on any atom is -0.383 e. The van der Waals surface area contributed by atoms with Crippen molar-refractivity contribution in [3.8, 4) is 0 Å². The van der Waals surface area contributed by atoms with E-state index in [0.717, 1.165) is 32.2 Å². The molecular formula is C14H31IN4O. The van der Waals surface area contributed by atoms with Crippen LogP contribution in [0.4, 0.5) is 0 Å². The van der Waals surface area contributed by atoms with E-state index in [0.29, 0.717) is 12.1 Å². The van der Waals surface area contributed by atoms with Gasteiger partial charge in [0.15, 0.2) is 5.96 Å². The van der Waals surface area contributed by atoms with Crippen molar-refractivity contribution < 1.29 is 4.74 Å². The average Bonchev–Trinajstić information content (AvgIpc) is 2.80. The van der Waals surface area contributed by atoms with Gasteiger partial charge in [-0.1, -0.05) is 0 Å². The zero-order valence-electron chi connectivity index (χ0n) is 13.3. The van der Waals surface area contributed by atoms with Gasteiger partial charge in [-0.3, -0.25) is 9.89 Å². The first-order valence-electron chi connectivity index (χ1n) is 7.45. The number of guanidine groups is 1. The van der Waals surface area contributed by atoms with Gasteiger partial charge in [0.25, 0.3) is 0 Å². The van der Waals surface area contributed by atoms with Gasteiger partial charge in [-0.2, -0.15) is 0 Å². The number of methoxy groups -OCH3 is 1. The average molecular weight is 398 g/mol. The number of likely N-dealkylation sites (tertiary alicyclic amines) is 1. The van der Waals surface area contributed by atoms with Gasteiger partial charge >= 0.3 is 0 Å². The summed E-state index contributed by atoms with van der Waals surface area (Å²) in [6.07, 6.45) is 2.52. The van der Waals surface area contributed by atoms with E-state index in [1.54, 1.807) is 7.11 Å². The standard InChI is InChI=1S/C14H30N4O.HI/c1-5-15-14(17-12(2)3)16-11-13-7-6-8-18(13)9-10-19-4;/h12-13H,5-11H2,1-4H3,(H2,15,16,17);1H. The molecule has 1 atom stereocenters. The molecule has 0 aromatic carbocycles. The third-order valence-electron chi connectivity index (χ3n) is 3.31. The van der Waals surface area contributed by atoms with E-state index in [4.69, 9.17) is 9.73 Å². The van der Waals surface area contributed by atoms with Crippen LogP contribution in [-0.2, 0) is 4.74 Å². The van der Waals surface area contributed by atoms with Gasteiger partial charge in [-0.15, -0.1) is 24.0 Å². The first-order chi connectivity index (χ1) is 9.17. The maximum atomic E-state index is 5.17. The normalized spacial score (nSPS) is 20.1. The van der Waals surface area contributed by atoms with Crippen LogP contribution < -0.4 is 10.6 Å². The molecule has 120 valence electrons. The summed E-state index contributed by atoms with van der Waals surface area (Å²) in [5.74, 6) is 0.927. The highest BCUT2D eigenvalue weighted by molar-refractivity contribution is 14.0. The molecule has 1 saturated heterocycles. The number of aliphatic imine (C=N–C) groups is 1. The Morgan fingerprint density at radius 3 is 2.80 bits per heavy atom. The van der Waals surface area contributed by atoms with Gasteiger partial charge in [-0.25, -0.2) is 0 Å². The number of halogens is 1. The van der Waals surface area contributed by atoms with Gasteiger partial charge in [-0.05, 0) is 40.2 Å². The van der Waals surface area contributed by atoms with Crippen LogP contribution in [0.1, 0.15) is 33.6 Å². The molecule has 0 aromatic heterocycles. The van der Waals surface area contributed by atoms with Crippen molar-refractivity contribution in [1.29, 1.82) is 0 Å². The fourth-order valence-electron chi connectivity index (χ4n) is 2.39. The number of nitrogens with one attached hydrogen (secondary N) is 2. The highest BCUT2D eigenvalue weighted by atomic mass is 127. The Morgan fingerprint density at radius 2 is 2.20 bits per heavy atom. The van der Waals surface area contributed by atoms with Crippen LogP contribution in [0.5, 0.6) is 0 Å². The van der Waals surface area contributed by atoms with Crippen LogP contribution in [0.2, 0.25) is 0 Å². The summed E-state index contributed by atoms with van der Waals surface area (Å²) in [5.41, 5.74) is 0. The van der Waals surface area contributed by atoms with E-state index in [2.05, 4.69) is 36.3 Å². The van der Waals surface area contributed by atoms with Gasteiger partial charge in [0.1, 0.15) is 0 Å². The largest absolute Gasteiger partial charge is 0.383 e. The van der Waals surface area contributed by atoms with E-state index < -0.39 is 0 Å². The van der Waals surface area contributed by atoms with E-state index >= 15 is 0 Å². The van der Waals surface area contributed by atoms with Gasteiger partial charge in [0.2, 0.25) is 0 Å². The number of nitrogens with zero attached hydrogens (tertiary/aromatic N) is 2. The minimum absolute atomic E-state index is 0. The van der Waals surface area contributed by atoms with Crippen molar-refractivity contribution in [1.82, 2.24) is 15.5 Å². The second-order valence-electron chi connectivity index (χ2n) is 5.34. The molecule has 0 aliphatic carbocycles. The van der Waals surface area contributed by atoms with Crippen LogP contribution >= 0.6 is 24.0 Å². The lowest BCUT2D eigenvalue weighted by Gasteiger charge is -2.23. The molecular weight excluding hydrogens is 367 g/mol. The molecule has 1 aliphatic rings. The smallest absolute Gasteiger partial charge is 0.191 e. The summed E-state index contributed by atoms with van der Waals surface area (Å²) in [7, 11) is 1.76. The molecule has 0 aromatic rings. The molecule has 1 rings (SSSR count). The first kappa shape index (κ1) is 19.9. The number of hydrogen-bond acceptors (Lipinski definition) is 3. The molecule has 2 N–H and O–H groups in total. The molecule has 1 aliphatic heterocycles. The molecule has 0 bridgehead atoms. The highest BCUT2D eigenvalue weighted by Gasteiger charge is 2.23. The Morgan fingerprint density at radius 1 is 1.45 bits per heavy atom. The fourth-order valence-corrected chi connectivity index (χ4v) is 2.39. The Bertz CT molecular complexity index is 274. The molecule has 0 saturated carbocycles. The van der Waals surface area contributed by atoms with Crippen molar-refractivity contribution in [2.24, 2.45) is 4.99 Å². The lowest BCUT2D eigenvalue weighted by atomic mass is 10.2. The maximum absolute atomic E-state index is 5.17. The number of hydrogen-bond donors (Lipinski definition) is 2. The van der Waals surface area contributed by atoms with Gasteiger partial charge < -0.3 is 15.4 Å². The summed E-state index contributed by atoms with van der Waals surface area (Å²) >= 11 is 0. The molecule has 6 heteroatoms. The second kappa shape index (κ2) is 11.6. The molecule has 0 radical (unpaired) electrons. The summed E-state index contributed by atoms with van der Waals surface area (Å²) in [6, 6.07) is 0.976. The van der Waals surface area contributed by atoms with Crippen LogP contribution in [0.15, 0.2) is 4.99 Å². The van der Waals surface area contributed by atoms with Crippen LogP contribution in [0.25, 0.3) is 0 Å². The van der Waals surface area contributed by atoms with Crippen LogP contribution in [0.3, 0.4) is 0 Å². The van der Waals surface area contributed by atoms with Crippen molar-refractivity contribution >= 4 is 29.9 Å². The zero-order chi connectivity index (χ0) is 14.1. The third-order valence-corrected chi connectivity index (χ3v) is 3.31. The molecule has 1 fully saturated rings. The van der Waals surface area contributed by atoms with Crippen LogP contribution in [-0.4, -0.2) is 62.8 Å². The lowest BCUT2D eigenvalue weighted by molar-refractivity contribution is 0.142. The minimum atomic E-state index is 0. The molecule has 20 heavy (non-hydrogen) atoms. The zero-order valence-corrected chi connectivity index (χ0v) is 15.6. The predicted octanol–water partition coefficient (Wildman–Crippen LogP) is 1.68. The SMILES string of the molecule is CCNC(=NCC1CCCN1CCOC)NC(C)C.I. The van der Waals surface area contributed by atoms with E-state index in [-0.39, 0.29) is 24.0 Å². The molecule has 5 nitrogen and oxygen atoms in total. The maximum Gasteiger partial charge on any atom is 0.191 e. The summed E-state index contributed by atoms with van der Waals surface area (Å²) in [4.78, 5) is 7.20. The summed E-state index contributed by atoms with van der Waals surface area (Å²) in [6.45, 7) is 11.1. The Labute approximate surface area is 140 Å². The van der Waals surface area contributed by atoms with E-state index in [1.807, 2.05) is 0 Å². The number of ether oxygens (including phenoxy) is 1. The van der Waals surface area contributed by atoms with E-state index in [1.165, 1.54) is 19.4 Å². The molecule has 1 unspecified atom stereocenters. The quantitative estimate of drug-likeness (QED) is 0.389. The lowest BCUT2D eigenvalue weighted by Crippen LogP contribution is -2.42. The monoisotopic (exact) mass is 398 g/mol. The van der Waals surface area contributed by atoms with Crippen molar-refractivity contribution in [2.75, 3.05) is 39.9 Å². The molecule has 0 spiro atoms. The van der Waals surface area contributed by atoms with Crippen molar-refractivity contribution in [3.05, 3.63) is 0 Å². The second-order valence-corrected chi connectivity index (χ2v) is 5.34. The predicted molar refractivity (Wildman–Crippen MR) is 96.1 cm³/mol. The highest BCUT2D eigenvalue weighted by Crippen LogP contribution is 2.16. The Balaban J connectivity index is 0.00000361.